The summed E-state index contributed by atoms with van der Waals surface area (Å²) in [7, 11) is 0. The summed E-state index contributed by atoms with van der Waals surface area (Å²) in [6.07, 6.45) is 8.49. The maximum atomic E-state index is 6.17. The highest BCUT2D eigenvalue weighted by atomic mass is 16.5. The summed E-state index contributed by atoms with van der Waals surface area (Å²) in [4.78, 5) is 10.0. The van der Waals surface area contributed by atoms with Gasteiger partial charge in [0.15, 0.2) is 5.96 Å². The number of nitrogens with zero attached hydrogens (tertiary/aromatic N) is 3. The molecule has 0 radical (unpaired) electrons. The van der Waals surface area contributed by atoms with Crippen LogP contribution in [0.3, 0.4) is 0 Å². The molecule has 0 aromatic carbocycles. The largest absolute Gasteiger partial charge is 0.377 e. The van der Waals surface area contributed by atoms with Gasteiger partial charge in [-0.15, -0.1) is 0 Å². The van der Waals surface area contributed by atoms with Gasteiger partial charge >= 0.3 is 0 Å². The summed E-state index contributed by atoms with van der Waals surface area (Å²) in [5.74, 6) is 2.67. The van der Waals surface area contributed by atoms with Crippen LogP contribution in [0.25, 0.3) is 0 Å². The van der Waals surface area contributed by atoms with Crippen LogP contribution in [-0.4, -0.2) is 73.8 Å². The van der Waals surface area contributed by atoms with Crippen LogP contribution < -0.4 is 5.32 Å². The zero-order chi connectivity index (χ0) is 18.9. The van der Waals surface area contributed by atoms with Crippen molar-refractivity contribution in [2.75, 3.05) is 45.9 Å². The van der Waals surface area contributed by atoms with Gasteiger partial charge in [0.1, 0.15) is 0 Å². The standard InChI is InChI=1S/C22H40N4O/c1-4-23-21(26-13-9-17(16-26)15-25(5-2)6-3)24-19-18-10-14-27-20(18)22(19)11-7-8-12-22/h17-20H,4-16H2,1-3H3,(H,23,24). The van der Waals surface area contributed by atoms with Gasteiger partial charge in [0.2, 0.25) is 0 Å². The fourth-order valence-corrected chi connectivity index (χ4v) is 6.45. The van der Waals surface area contributed by atoms with Crippen molar-refractivity contribution in [3.8, 4) is 0 Å². The lowest BCUT2D eigenvalue weighted by Crippen LogP contribution is -2.69. The number of aliphatic imine (C=N–C) groups is 1. The van der Waals surface area contributed by atoms with Crippen LogP contribution in [0.5, 0.6) is 0 Å². The Kier molecular flexibility index (Phi) is 5.98. The van der Waals surface area contributed by atoms with Crippen LogP contribution >= 0.6 is 0 Å². The molecule has 4 rings (SSSR count). The molecule has 154 valence electrons. The lowest BCUT2D eigenvalue weighted by atomic mass is 9.54. The Balaban J connectivity index is 1.41. The van der Waals surface area contributed by atoms with E-state index in [2.05, 4.69) is 35.9 Å². The number of guanidine groups is 1. The van der Waals surface area contributed by atoms with Gasteiger partial charge in [0.05, 0.1) is 6.10 Å². The minimum atomic E-state index is 0.399. The van der Waals surface area contributed by atoms with Crippen LogP contribution in [0.2, 0.25) is 0 Å². The molecule has 2 heterocycles. The number of fused-ring (bicyclic) bond motifs is 2. The molecule has 2 aliphatic carbocycles. The quantitative estimate of drug-likeness (QED) is 0.571. The highest BCUT2D eigenvalue weighted by molar-refractivity contribution is 5.81. The highest BCUT2D eigenvalue weighted by Gasteiger charge is 2.65. The van der Waals surface area contributed by atoms with Crippen LogP contribution in [0.4, 0.5) is 0 Å². The number of ether oxygens (including phenoxy) is 1. The zero-order valence-corrected chi connectivity index (χ0v) is 17.8. The molecule has 4 atom stereocenters. The molecule has 0 bridgehead atoms. The highest BCUT2D eigenvalue weighted by Crippen LogP contribution is 2.60. The molecule has 4 aliphatic rings. The van der Waals surface area contributed by atoms with E-state index in [1.165, 1.54) is 51.0 Å². The number of hydrogen-bond acceptors (Lipinski definition) is 3. The van der Waals surface area contributed by atoms with E-state index in [1.807, 2.05) is 0 Å². The molecule has 2 aliphatic heterocycles. The van der Waals surface area contributed by atoms with E-state index in [0.717, 1.165) is 45.2 Å². The van der Waals surface area contributed by atoms with Crippen molar-refractivity contribution < 1.29 is 4.74 Å². The lowest BCUT2D eigenvalue weighted by molar-refractivity contribution is -0.125. The Morgan fingerprint density at radius 1 is 1.19 bits per heavy atom. The number of nitrogens with one attached hydrogen (secondary N) is 1. The average molecular weight is 377 g/mol. The van der Waals surface area contributed by atoms with E-state index in [1.54, 1.807) is 0 Å². The summed E-state index contributed by atoms with van der Waals surface area (Å²) in [5, 5.41) is 3.98. The first-order valence-electron chi connectivity index (χ1n) is 11.6. The van der Waals surface area contributed by atoms with Crippen molar-refractivity contribution in [1.29, 1.82) is 0 Å². The molecule has 0 aromatic rings. The van der Waals surface area contributed by atoms with Gasteiger partial charge in [0, 0.05) is 50.2 Å². The molecule has 5 heteroatoms. The molecule has 2 saturated carbocycles. The van der Waals surface area contributed by atoms with Crippen molar-refractivity contribution in [3.63, 3.8) is 0 Å². The Labute approximate surface area is 165 Å². The maximum Gasteiger partial charge on any atom is 0.194 e. The third-order valence-electron chi connectivity index (χ3n) is 7.87. The molecule has 2 saturated heterocycles. The number of hydrogen-bond donors (Lipinski definition) is 1. The van der Waals surface area contributed by atoms with E-state index in [-0.39, 0.29) is 0 Å². The Hall–Kier alpha value is -0.810. The summed E-state index contributed by atoms with van der Waals surface area (Å²) in [5.41, 5.74) is 0.399. The van der Waals surface area contributed by atoms with Crippen molar-refractivity contribution >= 4 is 5.96 Å². The average Bonchev–Trinajstić information content (AvgIpc) is 3.42. The van der Waals surface area contributed by atoms with E-state index in [4.69, 9.17) is 9.73 Å². The van der Waals surface area contributed by atoms with E-state index < -0.39 is 0 Å². The third kappa shape index (κ3) is 3.50. The molecular formula is C22H40N4O. The first kappa shape index (κ1) is 19.5. The second-order valence-electron chi connectivity index (χ2n) is 9.19. The lowest BCUT2D eigenvalue weighted by Gasteiger charge is -2.57. The molecule has 1 spiro atoms. The molecule has 0 aromatic heterocycles. The van der Waals surface area contributed by atoms with Crippen LogP contribution in [-0.2, 0) is 4.74 Å². The van der Waals surface area contributed by atoms with Gasteiger partial charge in [-0.25, -0.2) is 0 Å². The smallest absolute Gasteiger partial charge is 0.194 e. The topological polar surface area (TPSA) is 40.1 Å². The molecular weight excluding hydrogens is 336 g/mol. The van der Waals surface area contributed by atoms with Gasteiger partial charge in [-0.05, 0) is 51.6 Å². The summed E-state index contributed by atoms with van der Waals surface area (Å²) in [6.45, 7) is 14.4. The van der Waals surface area contributed by atoms with Gasteiger partial charge in [0.25, 0.3) is 0 Å². The molecule has 4 unspecified atom stereocenters. The van der Waals surface area contributed by atoms with Crippen molar-refractivity contribution in [1.82, 2.24) is 15.1 Å². The van der Waals surface area contributed by atoms with E-state index >= 15 is 0 Å². The minimum absolute atomic E-state index is 0.399. The molecule has 0 amide bonds. The second-order valence-corrected chi connectivity index (χ2v) is 9.19. The third-order valence-corrected chi connectivity index (χ3v) is 7.87. The van der Waals surface area contributed by atoms with Gasteiger partial charge in [-0.3, -0.25) is 4.99 Å². The fraction of sp³-hybridized carbons (Fsp3) is 0.955. The Morgan fingerprint density at radius 3 is 2.67 bits per heavy atom. The summed E-state index contributed by atoms with van der Waals surface area (Å²) < 4.78 is 6.17. The second kappa shape index (κ2) is 8.28. The van der Waals surface area contributed by atoms with Crippen molar-refractivity contribution in [3.05, 3.63) is 0 Å². The van der Waals surface area contributed by atoms with Crippen LogP contribution in [0.15, 0.2) is 4.99 Å². The molecule has 27 heavy (non-hydrogen) atoms. The predicted molar refractivity (Wildman–Crippen MR) is 111 cm³/mol. The minimum Gasteiger partial charge on any atom is -0.377 e. The summed E-state index contributed by atoms with van der Waals surface area (Å²) in [6, 6.07) is 0.583. The predicted octanol–water partition coefficient (Wildman–Crippen LogP) is 2.96. The van der Waals surface area contributed by atoms with Crippen LogP contribution in [0, 0.1) is 17.3 Å². The zero-order valence-electron chi connectivity index (χ0n) is 17.8. The van der Waals surface area contributed by atoms with Gasteiger partial charge in [-0.2, -0.15) is 0 Å². The summed E-state index contributed by atoms with van der Waals surface area (Å²) >= 11 is 0. The maximum absolute atomic E-state index is 6.17. The normalized spacial score (nSPS) is 35.1. The first-order valence-corrected chi connectivity index (χ1v) is 11.6. The number of likely N-dealkylation sites (tertiary alicyclic amines) is 1. The monoisotopic (exact) mass is 376 g/mol. The SMILES string of the molecule is CCN=C(NC1C2CCOC2C12CCCC2)N1CCC(CN(CC)CC)C1. The van der Waals surface area contributed by atoms with Gasteiger partial charge < -0.3 is 19.9 Å². The Morgan fingerprint density at radius 2 is 1.96 bits per heavy atom. The van der Waals surface area contributed by atoms with Gasteiger partial charge in [-0.1, -0.05) is 26.7 Å². The number of rotatable bonds is 6. The van der Waals surface area contributed by atoms with Crippen molar-refractivity contribution in [2.45, 2.75) is 71.4 Å². The van der Waals surface area contributed by atoms with E-state index in [9.17, 15) is 0 Å². The first-order chi connectivity index (χ1) is 13.2. The van der Waals surface area contributed by atoms with Crippen LogP contribution in [0.1, 0.15) is 59.3 Å². The van der Waals surface area contributed by atoms with E-state index in [0.29, 0.717) is 23.5 Å². The molecule has 4 fully saturated rings. The molecule has 1 N–H and O–H groups in total. The molecule has 5 nitrogen and oxygen atoms in total. The Bertz CT molecular complexity index is 526. The fourth-order valence-electron chi connectivity index (χ4n) is 6.45. The van der Waals surface area contributed by atoms with Crippen molar-refractivity contribution in [2.24, 2.45) is 22.2 Å².